The predicted octanol–water partition coefficient (Wildman–Crippen LogP) is 0.394. The van der Waals surface area contributed by atoms with Gasteiger partial charge in [0.05, 0.1) is 6.20 Å². The molecule has 0 aliphatic carbocycles. The average Bonchev–Trinajstić information content (AvgIpc) is 2.33. The molecule has 0 unspecified atom stereocenters. The molecular weight excluding hydrogens is 203 g/mol. The predicted molar refractivity (Wildman–Crippen MR) is 51.1 cm³/mol. The fourth-order valence-electron chi connectivity index (χ4n) is 0.664. The number of amides is 1. The lowest BCUT2D eigenvalue weighted by atomic mass is 10.3. The summed E-state index contributed by atoms with van der Waals surface area (Å²) in [5.41, 5.74) is 5.37. The fourth-order valence-corrected chi connectivity index (χ4v) is 0.664. The number of carbonyl (C=O) groups excluding carboxylic acids is 1. The minimum absolute atomic E-state index is 0. The van der Waals surface area contributed by atoms with Gasteiger partial charge in [0.15, 0.2) is 0 Å². The van der Waals surface area contributed by atoms with Crippen LogP contribution in [-0.4, -0.2) is 23.2 Å². The van der Waals surface area contributed by atoms with Crippen molar-refractivity contribution in [1.82, 2.24) is 10.2 Å². The third kappa shape index (κ3) is 2.60. The molecule has 0 saturated heterocycles. The first kappa shape index (κ1) is 13.6. The molecule has 1 amide bonds. The SMILES string of the molecule is CNc1[nH]ncc1C(N)=O.Cl.Cl. The van der Waals surface area contributed by atoms with E-state index in [4.69, 9.17) is 5.73 Å². The van der Waals surface area contributed by atoms with Gasteiger partial charge in [-0.3, -0.25) is 9.89 Å². The Bertz CT molecular complexity index is 249. The maximum atomic E-state index is 10.6. The van der Waals surface area contributed by atoms with Crippen LogP contribution in [0.2, 0.25) is 0 Å². The molecule has 0 spiro atoms. The van der Waals surface area contributed by atoms with Crippen LogP contribution >= 0.6 is 24.8 Å². The van der Waals surface area contributed by atoms with Crippen molar-refractivity contribution in [2.24, 2.45) is 5.73 Å². The first-order chi connectivity index (χ1) is 4.75. The topological polar surface area (TPSA) is 83.8 Å². The standard InChI is InChI=1S/C5H8N4O.2ClH/c1-7-5-3(4(6)10)2-8-9-5;;/h2H,1H3,(H2,6,10)(H2,7,8,9);2*1H. The van der Waals surface area contributed by atoms with Crippen molar-refractivity contribution in [3.05, 3.63) is 11.8 Å². The van der Waals surface area contributed by atoms with Crippen LogP contribution in [0.1, 0.15) is 10.4 Å². The van der Waals surface area contributed by atoms with Crippen LogP contribution in [0.15, 0.2) is 6.20 Å². The number of rotatable bonds is 2. The Hall–Kier alpha value is -0.940. The molecule has 1 heterocycles. The highest BCUT2D eigenvalue weighted by atomic mass is 35.5. The van der Waals surface area contributed by atoms with E-state index >= 15 is 0 Å². The van der Waals surface area contributed by atoms with Gasteiger partial charge in [0.25, 0.3) is 5.91 Å². The van der Waals surface area contributed by atoms with E-state index in [0.29, 0.717) is 11.4 Å². The maximum Gasteiger partial charge on any atom is 0.254 e. The van der Waals surface area contributed by atoms with Gasteiger partial charge < -0.3 is 11.1 Å². The molecule has 1 rings (SSSR count). The van der Waals surface area contributed by atoms with Crippen LogP contribution < -0.4 is 11.1 Å². The molecule has 5 nitrogen and oxygen atoms in total. The summed E-state index contributed by atoms with van der Waals surface area (Å²) < 4.78 is 0. The molecule has 0 aromatic carbocycles. The van der Waals surface area contributed by atoms with Crippen LogP contribution in [-0.2, 0) is 0 Å². The lowest BCUT2D eigenvalue weighted by Gasteiger charge is -1.94. The molecular formula is C5H10Cl2N4O. The first-order valence-electron chi connectivity index (χ1n) is 2.76. The highest BCUT2D eigenvalue weighted by molar-refractivity contribution is 5.97. The lowest BCUT2D eigenvalue weighted by molar-refractivity contribution is 0.100. The van der Waals surface area contributed by atoms with Gasteiger partial charge in [0.1, 0.15) is 11.4 Å². The van der Waals surface area contributed by atoms with Crippen molar-refractivity contribution < 1.29 is 4.79 Å². The first-order valence-corrected chi connectivity index (χ1v) is 2.76. The van der Waals surface area contributed by atoms with Crippen molar-refractivity contribution in [3.8, 4) is 0 Å². The Morgan fingerprint density at radius 3 is 2.58 bits per heavy atom. The molecule has 0 bridgehead atoms. The molecule has 1 aromatic heterocycles. The summed E-state index contributed by atoms with van der Waals surface area (Å²) in [4.78, 5) is 10.6. The Morgan fingerprint density at radius 1 is 1.67 bits per heavy atom. The number of primary amides is 1. The quantitative estimate of drug-likeness (QED) is 0.664. The Labute approximate surface area is 81.9 Å². The minimum atomic E-state index is -0.488. The van der Waals surface area contributed by atoms with E-state index < -0.39 is 5.91 Å². The van der Waals surface area contributed by atoms with Gasteiger partial charge in [-0.05, 0) is 0 Å². The number of aromatic amines is 1. The number of hydrogen-bond donors (Lipinski definition) is 3. The van der Waals surface area contributed by atoms with Crippen molar-refractivity contribution in [3.63, 3.8) is 0 Å². The summed E-state index contributed by atoms with van der Waals surface area (Å²) in [6.45, 7) is 0. The minimum Gasteiger partial charge on any atom is -0.373 e. The number of H-pyrrole nitrogens is 1. The van der Waals surface area contributed by atoms with E-state index in [-0.39, 0.29) is 24.8 Å². The fraction of sp³-hybridized carbons (Fsp3) is 0.200. The molecule has 0 atom stereocenters. The third-order valence-electron chi connectivity index (χ3n) is 1.15. The summed E-state index contributed by atoms with van der Waals surface area (Å²) in [5, 5.41) is 8.94. The zero-order valence-electron chi connectivity index (χ0n) is 6.33. The number of anilines is 1. The van der Waals surface area contributed by atoms with Gasteiger partial charge in [-0.15, -0.1) is 24.8 Å². The van der Waals surface area contributed by atoms with Crippen molar-refractivity contribution in [2.75, 3.05) is 12.4 Å². The lowest BCUT2D eigenvalue weighted by Crippen LogP contribution is -2.11. The van der Waals surface area contributed by atoms with Crippen LogP contribution in [0.25, 0.3) is 0 Å². The average molecular weight is 213 g/mol. The van der Waals surface area contributed by atoms with Gasteiger partial charge in [-0.25, -0.2) is 0 Å². The van der Waals surface area contributed by atoms with E-state index in [1.807, 2.05) is 0 Å². The highest BCUT2D eigenvalue weighted by Crippen LogP contribution is 2.07. The van der Waals surface area contributed by atoms with E-state index in [0.717, 1.165) is 0 Å². The van der Waals surface area contributed by atoms with Gasteiger partial charge >= 0.3 is 0 Å². The monoisotopic (exact) mass is 212 g/mol. The summed E-state index contributed by atoms with van der Waals surface area (Å²) in [6, 6.07) is 0. The Balaban J connectivity index is 0. The van der Waals surface area contributed by atoms with Crippen molar-refractivity contribution >= 4 is 36.5 Å². The summed E-state index contributed by atoms with van der Waals surface area (Å²) in [7, 11) is 1.68. The molecule has 0 aliphatic rings. The van der Waals surface area contributed by atoms with Crippen LogP contribution in [0, 0.1) is 0 Å². The van der Waals surface area contributed by atoms with E-state index in [9.17, 15) is 4.79 Å². The second-order valence-corrected chi connectivity index (χ2v) is 1.77. The molecule has 0 aliphatic heterocycles. The van der Waals surface area contributed by atoms with Gasteiger partial charge in [-0.1, -0.05) is 0 Å². The molecule has 0 fully saturated rings. The zero-order chi connectivity index (χ0) is 7.56. The van der Waals surface area contributed by atoms with Gasteiger partial charge in [0.2, 0.25) is 0 Å². The largest absolute Gasteiger partial charge is 0.373 e. The number of nitrogens with one attached hydrogen (secondary N) is 2. The van der Waals surface area contributed by atoms with E-state index in [2.05, 4.69) is 15.5 Å². The molecule has 1 aromatic rings. The van der Waals surface area contributed by atoms with Gasteiger partial charge in [-0.2, -0.15) is 5.10 Å². The molecule has 0 saturated carbocycles. The summed E-state index contributed by atoms with van der Waals surface area (Å²) >= 11 is 0. The smallest absolute Gasteiger partial charge is 0.254 e. The Morgan fingerprint density at radius 2 is 2.25 bits per heavy atom. The summed E-state index contributed by atoms with van der Waals surface area (Å²) in [6.07, 6.45) is 1.38. The molecule has 0 radical (unpaired) electrons. The van der Waals surface area contributed by atoms with Crippen molar-refractivity contribution in [2.45, 2.75) is 0 Å². The maximum absolute atomic E-state index is 10.6. The van der Waals surface area contributed by atoms with Crippen LogP contribution in [0.3, 0.4) is 0 Å². The van der Waals surface area contributed by atoms with Crippen LogP contribution in [0.5, 0.6) is 0 Å². The second kappa shape index (κ2) is 5.68. The molecule has 12 heavy (non-hydrogen) atoms. The highest BCUT2D eigenvalue weighted by Gasteiger charge is 2.07. The number of nitrogens with zero attached hydrogens (tertiary/aromatic N) is 1. The number of halogens is 2. The number of carbonyl (C=O) groups is 1. The van der Waals surface area contributed by atoms with E-state index in [1.54, 1.807) is 7.05 Å². The van der Waals surface area contributed by atoms with Crippen LogP contribution in [0.4, 0.5) is 5.82 Å². The zero-order valence-corrected chi connectivity index (χ0v) is 7.96. The molecule has 4 N–H and O–H groups in total. The van der Waals surface area contributed by atoms with Gasteiger partial charge in [0, 0.05) is 7.05 Å². The number of hydrogen-bond acceptors (Lipinski definition) is 3. The van der Waals surface area contributed by atoms with Crippen molar-refractivity contribution in [1.29, 1.82) is 0 Å². The molecule has 7 heteroatoms. The number of nitrogens with two attached hydrogens (primary N) is 1. The third-order valence-corrected chi connectivity index (χ3v) is 1.15. The normalized spacial score (nSPS) is 7.75. The summed E-state index contributed by atoms with van der Waals surface area (Å²) in [5.74, 6) is 0.0607. The second-order valence-electron chi connectivity index (χ2n) is 1.77. The molecule has 70 valence electrons. The number of aromatic nitrogens is 2. The van der Waals surface area contributed by atoms with E-state index in [1.165, 1.54) is 6.20 Å². The Kier molecular flexibility index (Phi) is 6.45.